The average molecular weight is 341 g/mol. The zero-order chi connectivity index (χ0) is 15.2. The van der Waals surface area contributed by atoms with E-state index in [2.05, 4.69) is 10.6 Å². The molecule has 0 aromatic heterocycles. The van der Waals surface area contributed by atoms with E-state index in [1.165, 1.54) is 0 Å². The first kappa shape index (κ1) is 18.0. The second-order valence-electron chi connectivity index (χ2n) is 5.99. The number of piperidine rings is 1. The van der Waals surface area contributed by atoms with E-state index in [9.17, 15) is 4.79 Å². The Balaban J connectivity index is 0.00000192. The van der Waals surface area contributed by atoms with Gasteiger partial charge in [0.05, 0.1) is 6.10 Å². The van der Waals surface area contributed by atoms with Gasteiger partial charge in [0, 0.05) is 24.8 Å². The van der Waals surface area contributed by atoms with Gasteiger partial charge in [-0.05, 0) is 56.5 Å². The van der Waals surface area contributed by atoms with E-state index in [4.69, 9.17) is 9.47 Å². The molecule has 2 aliphatic heterocycles. The Labute approximate surface area is 143 Å². The Bertz CT molecular complexity index is 483. The molecule has 5 nitrogen and oxygen atoms in total. The largest absolute Gasteiger partial charge is 0.491 e. The minimum Gasteiger partial charge on any atom is -0.491 e. The number of hydrogen-bond acceptors (Lipinski definition) is 4. The number of halogens is 1. The molecular formula is C17H25ClN2O3. The topological polar surface area (TPSA) is 59.6 Å². The molecule has 3 rings (SSSR count). The van der Waals surface area contributed by atoms with Crippen molar-refractivity contribution in [3.8, 4) is 5.75 Å². The Hall–Kier alpha value is -1.30. The van der Waals surface area contributed by atoms with Crippen molar-refractivity contribution in [2.24, 2.45) is 0 Å². The first-order valence-electron chi connectivity index (χ1n) is 8.17. The lowest BCUT2D eigenvalue weighted by Gasteiger charge is -2.23. The summed E-state index contributed by atoms with van der Waals surface area (Å²) in [6, 6.07) is 7.57. The van der Waals surface area contributed by atoms with Crippen molar-refractivity contribution >= 4 is 18.3 Å². The van der Waals surface area contributed by atoms with Gasteiger partial charge in [-0.3, -0.25) is 4.79 Å². The highest BCUT2D eigenvalue weighted by Crippen LogP contribution is 2.16. The van der Waals surface area contributed by atoms with Gasteiger partial charge in [-0.1, -0.05) is 0 Å². The molecule has 23 heavy (non-hydrogen) atoms. The first-order valence-corrected chi connectivity index (χ1v) is 8.17. The highest BCUT2D eigenvalue weighted by molar-refractivity contribution is 5.94. The number of hydrogen-bond donors (Lipinski definition) is 2. The van der Waals surface area contributed by atoms with Crippen molar-refractivity contribution in [2.45, 2.75) is 37.8 Å². The molecule has 0 radical (unpaired) electrons. The normalized spacial score (nSPS) is 23.8. The van der Waals surface area contributed by atoms with E-state index in [0.717, 1.165) is 51.1 Å². The van der Waals surface area contributed by atoms with Crippen molar-refractivity contribution in [1.82, 2.24) is 10.6 Å². The molecular weight excluding hydrogens is 316 g/mol. The van der Waals surface area contributed by atoms with Crippen molar-refractivity contribution < 1.29 is 14.3 Å². The molecule has 6 heteroatoms. The number of amides is 1. The summed E-state index contributed by atoms with van der Waals surface area (Å²) in [6.07, 6.45) is 4.54. The molecule has 1 amide bonds. The molecule has 0 spiro atoms. The third-order valence-electron chi connectivity index (χ3n) is 4.21. The van der Waals surface area contributed by atoms with Gasteiger partial charge >= 0.3 is 0 Å². The van der Waals surface area contributed by atoms with Crippen molar-refractivity contribution in [3.63, 3.8) is 0 Å². The molecule has 1 aromatic carbocycles. The van der Waals surface area contributed by atoms with E-state index < -0.39 is 0 Å². The first-order chi connectivity index (χ1) is 10.8. The molecule has 0 saturated carbocycles. The summed E-state index contributed by atoms with van der Waals surface area (Å²) in [6.45, 7) is 3.32. The van der Waals surface area contributed by atoms with Crippen LogP contribution in [0.5, 0.6) is 5.75 Å². The Kier molecular flexibility index (Phi) is 7.15. The summed E-state index contributed by atoms with van der Waals surface area (Å²) in [5, 5.41) is 6.37. The van der Waals surface area contributed by atoms with Gasteiger partial charge < -0.3 is 20.1 Å². The van der Waals surface area contributed by atoms with Crippen LogP contribution in [0.3, 0.4) is 0 Å². The molecule has 2 N–H and O–H groups in total. The summed E-state index contributed by atoms with van der Waals surface area (Å²) in [7, 11) is 0. The standard InChI is InChI=1S/C17H24N2O3.ClH/c20-17(19-14-3-1-9-18-11-14)13-5-7-15(8-6-13)22-12-16-4-2-10-21-16;/h5-8,14,16,18H,1-4,9-12H2,(H,19,20);1H. The molecule has 1 aromatic rings. The molecule has 2 unspecified atom stereocenters. The maximum absolute atomic E-state index is 12.2. The Morgan fingerprint density at radius 3 is 2.74 bits per heavy atom. The van der Waals surface area contributed by atoms with Gasteiger partial charge in [-0.2, -0.15) is 0 Å². The molecule has 2 fully saturated rings. The van der Waals surface area contributed by atoms with Crippen LogP contribution in [0.1, 0.15) is 36.0 Å². The molecule has 2 saturated heterocycles. The average Bonchev–Trinajstić information content (AvgIpc) is 3.08. The van der Waals surface area contributed by atoms with Gasteiger partial charge in [0.2, 0.25) is 0 Å². The van der Waals surface area contributed by atoms with E-state index in [1.807, 2.05) is 24.3 Å². The summed E-state index contributed by atoms with van der Waals surface area (Å²) >= 11 is 0. The third-order valence-corrected chi connectivity index (χ3v) is 4.21. The summed E-state index contributed by atoms with van der Waals surface area (Å²) in [5.74, 6) is 0.769. The smallest absolute Gasteiger partial charge is 0.251 e. The molecule has 2 atom stereocenters. The number of nitrogens with one attached hydrogen (secondary N) is 2. The minimum atomic E-state index is -0.0145. The SMILES string of the molecule is Cl.O=C(NC1CCCNC1)c1ccc(OCC2CCCO2)cc1. The van der Waals surface area contributed by atoms with Crippen molar-refractivity contribution in [2.75, 3.05) is 26.3 Å². The molecule has 0 bridgehead atoms. The molecule has 2 aliphatic rings. The molecule has 2 heterocycles. The number of benzene rings is 1. The van der Waals surface area contributed by atoms with E-state index >= 15 is 0 Å². The second-order valence-corrected chi connectivity index (χ2v) is 5.99. The zero-order valence-corrected chi connectivity index (χ0v) is 14.1. The lowest BCUT2D eigenvalue weighted by molar-refractivity contribution is 0.0679. The highest BCUT2D eigenvalue weighted by Gasteiger charge is 2.17. The number of carbonyl (C=O) groups excluding carboxylic acids is 1. The maximum Gasteiger partial charge on any atom is 0.251 e. The van der Waals surface area contributed by atoms with Gasteiger partial charge in [0.25, 0.3) is 5.91 Å². The molecule has 128 valence electrons. The van der Waals surface area contributed by atoms with Crippen LogP contribution in [0.15, 0.2) is 24.3 Å². The van der Waals surface area contributed by atoms with Crippen LogP contribution in [0.2, 0.25) is 0 Å². The predicted octanol–water partition coefficient (Wildman–Crippen LogP) is 2.15. The van der Waals surface area contributed by atoms with E-state index in [-0.39, 0.29) is 30.5 Å². The van der Waals surface area contributed by atoms with Crippen LogP contribution in [-0.4, -0.2) is 44.4 Å². The number of rotatable bonds is 5. The van der Waals surface area contributed by atoms with Crippen LogP contribution in [0.25, 0.3) is 0 Å². The van der Waals surface area contributed by atoms with E-state index in [0.29, 0.717) is 12.2 Å². The second kappa shape index (κ2) is 9.11. The van der Waals surface area contributed by atoms with Crippen LogP contribution in [-0.2, 0) is 4.74 Å². The van der Waals surface area contributed by atoms with Gasteiger partial charge in [-0.25, -0.2) is 0 Å². The van der Waals surface area contributed by atoms with Crippen LogP contribution < -0.4 is 15.4 Å². The van der Waals surface area contributed by atoms with Gasteiger partial charge in [0.1, 0.15) is 12.4 Å². The maximum atomic E-state index is 12.2. The predicted molar refractivity (Wildman–Crippen MR) is 91.5 cm³/mol. The van der Waals surface area contributed by atoms with E-state index in [1.54, 1.807) is 0 Å². The lowest BCUT2D eigenvalue weighted by Crippen LogP contribution is -2.45. The molecule has 0 aliphatic carbocycles. The Morgan fingerprint density at radius 1 is 1.26 bits per heavy atom. The lowest BCUT2D eigenvalue weighted by atomic mass is 10.1. The van der Waals surface area contributed by atoms with Crippen LogP contribution in [0.4, 0.5) is 0 Å². The monoisotopic (exact) mass is 340 g/mol. The van der Waals surface area contributed by atoms with Crippen molar-refractivity contribution in [1.29, 1.82) is 0 Å². The summed E-state index contributed by atoms with van der Waals surface area (Å²) in [5.41, 5.74) is 0.676. The zero-order valence-electron chi connectivity index (χ0n) is 13.3. The fourth-order valence-electron chi connectivity index (χ4n) is 2.91. The van der Waals surface area contributed by atoms with Crippen LogP contribution >= 0.6 is 12.4 Å². The number of ether oxygens (including phenoxy) is 2. The minimum absolute atomic E-state index is 0. The number of carbonyl (C=O) groups is 1. The summed E-state index contributed by atoms with van der Waals surface area (Å²) < 4.78 is 11.2. The quantitative estimate of drug-likeness (QED) is 0.862. The fourth-order valence-corrected chi connectivity index (χ4v) is 2.91. The fraction of sp³-hybridized carbons (Fsp3) is 0.588. The van der Waals surface area contributed by atoms with Crippen LogP contribution in [0, 0.1) is 0 Å². The highest BCUT2D eigenvalue weighted by atomic mass is 35.5. The third kappa shape index (κ3) is 5.37. The van der Waals surface area contributed by atoms with Crippen molar-refractivity contribution in [3.05, 3.63) is 29.8 Å². The van der Waals surface area contributed by atoms with Gasteiger partial charge in [0.15, 0.2) is 0 Å². The Morgan fingerprint density at radius 2 is 2.09 bits per heavy atom. The van der Waals surface area contributed by atoms with Gasteiger partial charge in [-0.15, -0.1) is 12.4 Å². The summed E-state index contributed by atoms with van der Waals surface area (Å²) in [4.78, 5) is 12.2.